The molecule has 0 amide bonds. The van der Waals surface area contributed by atoms with Gasteiger partial charge in [0.25, 0.3) is 0 Å². The molecule has 0 saturated carbocycles. The van der Waals surface area contributed by atoms with Crippen molar-refractivity contribution in [2.24, 2.45) is 5.92 Å². The van der Waals surface area contributed by atoms with Crippen molar-refractivity contribution in [3.05, 3.63) is 0 Å². The van der Waals surface area contributed by atoms with Crippen molar-refractivity contribution < 1.29 is 0 Å². The fourth-order valence-corrected chi connectivity index (χ4v) is 4.86. The molecule has 11 heteroatoms. The first-order chi connectivity index (χ1) is 17.6. The number of hydrogen-bond donors (Lipinski definition) is 10. The molecule has 0 fully saturated rings. The highest BCUT2D eigenvalue weighted by atomic mass is 32.2. The summed E-state index contributed by atoms with van der Waals surface area (Å²) in [7, 11) is 0. The van der Waals surface area contributed by atoms with Crippen LogP contribution in [0.25, 0.3) is 0 Å². The summed E-state index contributed by atoms with van der Waals surface area (Å²) in [6, 6.07) is 0.279. The Hall–Kier alpha value is -2.17. The van der Waals surface area contributed by atoms with E-state index in [0.717, 1.165) is 18.6 Å². The van der Waals surface area contributed by atoms with Crippen LogP contribution >= 0.6 is 11.8 Å². The van der Waals surface area contributed by atoms with E-state index >= 15 is 0 Å². The summed E-state index contributed by atoms with van der Waals surface area (Å²) < 4.78 is 0. The summed E-state index contributed by atoms with van der Waals surface area (Å²) >= 11 is 1.99. The van der Waals surface area contributed by atoms with E-state index in [4.69, 9.17) is 21.6 Å². The van der Waals surface area contributed by atoms with Gasteiger partial charge in [-0.05, 0) is 64.4 Å². The van der Waals surface area contributed by atoms with Crippen molar-refractivity contribution in [2.45, 2.75) is 111 Å². The van der Waals surface area contributed by atoms with E-state index < -0.39 is 0 Å². The van der Waals surface area contributed by atoms with Gasteiger partial charge in [-0.2, -0.15) is 11.8 Å². The van der Waals surface area contributed by atoms with Crippen LogP contribution in [0.4, 0.5) is 0 Å². The Kier molecular flexibility index (Phi) is 21.6. The molecule has 0 aliphatic heterocycles. The predicted octanol–water partition coefficient (Wildman–Crippen LogP) is 4.35. The van der Waals surface area contributed by atoms with Crippen LogP contribution in [0.15, 0.2) is 0 Å². The third kappa shape index (κ3) is 23.9. The van der Waals surface area contributed by atoms with Crippen LogP contribution < -0.4 is 31.9 Å². The minimum Gasteiger partial charge on any atom is -0.356 e. The fraction of sp³-hybridized carbons (Fsp3) is 0.846. The Morgan fingerprint density at radius 3 is 1.70 bits per heavy atom. The van der Waals surface area contributed by atoms with Crippen molar-refractivity contribution in [3.63, 3.8) is 0 Å². The number of thioether (sulfide) groups is 1. The summed E-state index contributed by atoms with van der Waals surface area (Å²) in [6.07, 6.45) is 12.5. The molecule has 0 heterocycles. The quantitative estimate of drug-likeness (QED) is 0.0660. The first kappa shape index (κ1) is 34.8. The van der Waals surface area contributed by atoms with Crippen molar-refractivity contribution in [2.75, 3.05) is 24.6 Å². The second-order valence-electron chi connectivity index (χ2n) is 10.2. The minimum absolute atomic E-state index is 0.121. The molecule has 10 N–H and O–H groups in total. The smallest absolute Gasteiger partial charge is 0.195 e. The second kappa shape index (κ2) is 23.0. The van der Waals surface area contributed by atoms with Gasteiger partial charge < -0.3 is 21.3 Å². The van der Waals surface area contributed by atoms with Crippen LogP contribution in [-0.2, 0) is 0 Å². The Morgan fingerprint density at radius 2 is 1.16 bits per heavy atom. The molecular formula is C26H56N10S. The lowest BCUT2D eigenvalue weighted by atomic mass is 10.1. The maximum absolute atomic E-state index is 8.10. The number of hydrogen-bond acceptors (Lipinski definition) is 5. The molecule has 0 spiro atoms. The van der Waals surface area contributed by atoms with Crippen molar-refractivity contribution in [1.29, 1.82) is 21.6 Å². The Bertz CT molecular complexity index is 639. The summed E-state index contributed by atoms with van der Waals surface area (Å²) in [5.74, 6) is 3.09. The Labute approximate surface area is 230 Å². The summed E-state index contributed by atoms with van der Waals surface area (Å²) in [4.78, 5) is 0. The van der Waals surface area contributed by atoms with Gasteiger partial charge in [0.05, 0.1) is 0 Å². The molecular weight excluding hydrogens is 484 g/mol. The van der Waals surface area contributed by atoms with Gasteiger partial charge >= 0.3 is 0 Å². The molecule has 0 rings (SSSR count). The third-order valence-electron chi connectivity index (χ3n) is 5.52. The lowest BCUT2D eigenvalue weighted by Gasteiger charge is -2.20. The average Bonchev–Trinajstić information content (AvgIpc) is 2.79. The minimum atomic E-state index is 0.121. The molecule has 0 aromatic carbocycles. The van der Waals surface area contributed by atoms with Gasteiger partial charge in [0, 0.05) is 25.2 Å². The van der Waals surface area contributed by atoms with Crippen LogP contribution in [0.3, 0.4) is 0 Å². The molecule has 0 radical (unpaired) electrons. The first-order valence-corrected chi connectivity index (χ1v) is 15.3. The molecule has 0 aliphatic carbocycles. The molecule has 1 unspecified atom stereocenters. The fourth-order valence-electron chi connectivity index (χ4n) is 3.67. The topological polar surface area (TPSA) is 168 Å². The number of rotatable bonds is 19. The van der Waals surface area contributed by atoms with E-state index in [9.17, 15) is 0 Å². The van der Waals surface area contributed by atoms with Gasteiger partial charge in [0.1, 0.15) is 0 Å². The third-order valence-corrected chi connectivity index (χ3v) is 6.80. The summed E-state index contributed by atoms with van der Waals surface area (Å²) in [5, 5.41) is 49.2. The highest BCUT2D eigenvalue weighted by Gasteiger charge is 2.11. The molecule has 216 valence electrons. The van der Waals surface area contributed by atoms with Gasteiger partial charge in [-0.25, -0.2) is 0 Å². The van der Waals surface area contributed by atoms with Crippen molar-refractivity contribution >= 4 is 35.6 Å². The lowest BCUT2D eigenvalue weighted by Crippen LogP contribution is -2.48. The van der Waals surface area contributed by atoms with E-state index in [1.54, 1.807) is 0 Å². The Balaban J connectivity index is 4.36. The molecule has 0 bridgehead atoms. The van der Waals surface area contributed by atoms with Crippen LogP contribution in [-0.4, -0.2) is 60.5 Å². The van der Waals surface area contributed by atoms with Gasteiger partial charge in [0.2, 0.25) is 0 Å². The maximum Gasteiger partial charge on any atom is 0.195 e. The zero-order valence-corrected chi connectivity index (χ0v) is 24.9. The molecule has 0 aromatic heterocycles. The van der Waals surface area contributed by atoms with Gasteiger partial charge in [-0.15, -0.1) is 0 Å². The van der Waals surface area contributed by atoms with E-state index in [1.165, 1.54) is 57.1 Å². The first-order valence-electron chi connectivity index (χ1n) is 14.1. The van der Waals surface area contributed by atoms with E-state index in [-0.39, 0.29) is 35.9 Å². The lowest BCUT2D eigenvalue weighted by molar-refractivity contribution is 0.503. The monoisotopic (exact) mass is 540 g/mol. The normalized spacial score (nSPS) is 11.6. The highest BCUT2D eigenvalue weighted by molar-refractivity contribution is 7.99. The van der Waals surface area contributed by atoms with Crippen molar-refractivity contribution in [3.8, 4) is 0 Å². The van der Waals surface area contributed by atoms with E-state index in [0.29, 0.717) is 19.0 Å². The number of unbranched alkanes of at least 4 members (excludes halogenated alkanes) is 7. The van der Waals surface area contributed by atoms with Crippen molar-refractivity contribution in [1.82, 2.24) is 31.9 Å². The Morgan fingerprint density at radius 1 is 0.649 bits per heavy atom. The molecule has 1 atom stereocenters. The standard InChI is InChI=1S/C26H56N10S/c1-6-7-8-9-10-11-12-13-17-37-19-22(18-32-24(28)36-26(30)34-21(4)5)15-14-16-31-23(27)35-25(29)33-20(2)3/h20-22H,6-19H2,1-5H3,(H5,27,29,31,33,35)(H5,28,30,32,34,36). The summed E-state index contributed by atoms with van der Waals surface area (Å²) in [5.41, 5.74) is 0. The zero-order valence-electron chi connectivity index (χ0n) is 24.0. The maximum atomic E-state index is 8.10. The molecule has 37 heavy (non-hydrogen) atoms. The van der Waals surface area contributed by atoms with Gasteiger partial charge in [-0.1, -0.05) is 51.9 Å². The summed E-state index contributed by atoms with van der Waals surface area (Å²) in [6.45, 7) is 11.4. The van der Waals surface area contributed by atoms with E-state index in [1.807, 2.05) is 39.5 Å². The number of nitrogens with one attached hydrogen (secondary N) is 10. The molecule has 0 aliphatic rings. The molecule has 0 saturated heterocycles. The average molecular weight is 541 g/mol. The predicted molar refractivity (Wildman–Crippen MR) is 162 cm³/mol. The zero-order chi connectivity index (χ0) is 27.9. The van der Waals surface area contributed by atoms with E-state index in [2.05, 4.69) is 38.8 Å². The SMILES string of the molecule is CCCCCCCCCCSCC(CCCNC(=N)NC(=N)NC(C)C)CNC(=N)NC(=N)NC(C)C. The highest BCUT2D eigenvalue weighted by Crippen LogP contribution is 2.16. The van der Waals surface area contributed by atoms with Crippen LogP contribution in [0.2, 0.25) is 0 Å². The van der Waals surface area contributed by atoms with Crippen LogP contribution in [0, 0.1) is 27.6 Å². The molecule has 0 aromatic rings. The van der Waals surface area contributed by atoms with Crippen LogP contribution in [0.5, 0.6) is 0 Å². The van der Waals surface area contributed by atoms with Gasteiger partial charge in [-0.3, -0.25) is 32.3 Å². The van der Waals surface area contributed by atoms with Gasteiger partial charge in [0.15, 0.2) is 23.8 Å². The molecule has 10 nitrogen and oxygen atoms in total. The van der Waals surface area contributed by atoms with Crippen LogP contribution in [0.1, 0.15) is 98.8 Å². The second-order valence-corrected chi connectivity index (χ2v) is 11.4. The number of guanidine groups is 4. The largest absolute Gasteiger partial charge is 0.356 e.